The van der Waals surface area contributed by atoms with Crippen LogP contribution in [0.3, 0.4) is 0 Å². The zero-order valence-electron chi connectivity index (χ0n) is 8.41. The van der Waals surface area contributed by atoms with Crippen LogP contribution in [0, 0.1) is 0 Å². The van der Waals surface area contributed by atoms with Crippen molar-refractivity contribution >= 4 is 5.91 Å². The van der Waals surface area contributed by atoms with Crippen molar-refractivity contribution in [3.05, 3.63) is 0 Å². The molecule has 0 bridgehead atoms. The molecule has 1 amide bonds. The van der Waals surface area contributed by atoms with E-state index in [2.05, 4.69) is 6.92 Å². The number of rotatable bonds is 8. The molecule has 4 nitrogen and oxygen atoms in total. The van der Waals surface area contributed by atoms with Gasteiger partial charge in [0.05, 0.1) is 13.2 Å². The van der Waals surface area contributed by atoms with Crippen LogP contribution >= 0.6 is 0 Å². The molecule has 0 saturated carbocycles. The molecule has 0 aliphatic rings. The fourth-order valence-electron chi connectivity index (χ4n) is 0.714. The van der Waals surface area contributed by atoms with Crippen LogP contribution in [0.15, 0.2) is 0 Å². The molecule has 0 aliphatic carbocycles. The highest BCUT2D eigenvalue weighted by Gasteiger charge is 2.07. The van der Waals surface area contributed by atoms with E-state index in [1.165, 1.54) is 0 Å². The van der Waals surface area contributed by atoms with Crippen molar-refractivity contribution in [1.29, 1.82) is 0 Å². The average molecular weight is 189 g/mol. The van der Waals surface area contributed by atoms with E-state index in [1.807, 2.05) is 0 Å². The van der Waals surface area contributed by atoms with Crippen molar-refractivity contribution < 1.29 is 14.3 Å². The number of hydrogen-bond donors (Lipinski definition) is 1. The maximum Gasteiger partial charge on any atom is 0.246 e. The van der Waals surface area contributed by atoms with Gasteiger partial charge in [0, 0.05) is 6.61 Å². The average Bonchev–Trinajstić information content (AvgIpc) is 2.10. The summed E-state index contributed by atoms with van der Waals surface area (Å²) in [5, 5.41) is 0. The Morgan fingerprint density at radius 1 is 1.38 bits per heavy atom. The quantitative estimate of drug-likeness (QED) is 0.571. The molecular formula is C9H19NO3. The van der Waals surface area contributed by atoms with Gasteiger partial charge in [0.2, 0.25) is 5.91 Å². The Morgan fingerprint density at radius 2 is 2.08 bits per heavy atom. The van der Waals surface area contributed by atoms with Gasteiger partial charge in [-0.05, 0) is 13.3 Å². The standard InChI is InChI=1S/C9H19NO3/c1-3-4-5-12-6-7-13-8(2)9(10)11/h8H,3-7H2,1-2H3,(H2,10,11). The predicted molar refractivity (Wildman–Crippen MR) is 50.3 cm³/mol. The van der Waals surface area contributed by atoms with Crippen molar-refractivity contribution in [3.63, 3.8) is 0 Å². The van der Waals surface area contributed by atoms with Crippen LogP contribution in [-0.4, -0.2) is 31.8 Å². The number of unbranched alkanes of at least 4 members (excludes halogenated alkanes) is 1. The Kier molecular flexibility index (Phi) is 7.63. The fraction of sp³-hybridized carbons (Fsp3) is 0.889. The fourth-order valence-corrected chi connectivity index (χ4v) is 0.714. The normalized spacial score (nSPS) is 12.8. The maximum absolute atomic E-state index is 10.5. The van der Waals surface area contributed by atoms with Gasteiger partial charge in [0.15, 0.2) is 0 Å². The van der Waals surface area contributed by atoms with E-state index in [0.29, 0.717) is 13.2 Å². The van der Waals surface area contributed by atoms with E-state index in [9.17, 15) is 4.79 Å². The first-order chi connectivity index (χ1) is 6.18. The molecule has 0 aromatic carbocycles. The first-order valence-electron chi connectivity index (χ1n) is 4.67. The van der Waals surface area contributed by atoms with Crippen LogP contribution in [0.25, 0.3) is 0 Å². The molecule has 0 fully saturated rings. The van der Waals surface area contributed by atoms with E-state index in [4.69, 9.17) is 15.2 Å². The zero-order valence-corrected chi connectivity index (χ0v) is 8.41. The molecule has 13 heavy (non-hydrogen) atoms. The molecule has 0 aromatic rings. The Labute approximate surface area is 79.4 Å². The lowest BCUT2D eigenvalue weighted by Crippen LogP contribution is -2.29. The van der Waals surface area contributed by atoms with Crippen LogP contribution in [0.2, 0.25) is 0 Å². The lowest BCUT2D eigenvalue weighted by Gasteiger charge is -2.09. The lowest BCUT2D eigenvalue weighted by atomic mass is 10.4. The molecule has 0 heterocycles. The highest BCUT2D eigenvalue weighted by molar-refractivity contribution is 5.78. The number of primary amides is 1. The summed E-state index contributed by atoms with van der Waals surface area (Å²) in [7, 11) is 0. The number of ether oxygens (including phenoxy) is 2. The molecular weight excluding hydrogens is 170 g/mol. The highest BCUT2D eigenvalue weighted by Crippen LogP contribution is 1.91. The summed E-state index contributed by atoms with van der Waals surface area (Å²) >= 11 is 0. The SMILES string of the molecule is CCCCOCCOC(C)C(N)=O. The second kappa shape index (κ2) is 8.01. The first kappa shape index (κ1) is 12.4. The number of carbonyl (C=O) groups excluding carboxylic acids is 1. The number of hydrogen-bond acceptors (Lipinski definition) is 3. The minimum atomic E-state index is -0.519. The van der Waals surface area contributed by atoms with Crippen LogP contribution in [-0.2, 0) is 14.3 Å². The van der Waals surface area contributed by atoms with Gasteiger partial charge in [0.1, 0.15) is 6.10 Å². The molecule has 0 rings (SSSR count). The van der Waals surface area contributed by atoms with Gasteiger partial charge in [-0.3, -0.25) is 4.79 Å². The number of carbonyl (C=O) groups is 1. The van der Waals surface area contributed by atoms with Crippen molar-refractivity contribution in [3.8, 4) is 0 Å². The first-order valence-corrected chi connectivity index (χ1v) is 4.67. The van der Waals surface area contributed by atoms with E-state index in [-0.39, 0.29) is 0 Å². The Balaban J connectivity index is 3.11. The van der Waals surface area contributed by atoms with Gasteiger partial charge in [-0.2, -0.15) is 0 Å². The second-order valence-corrected chi connectivity index (χ2v) is 2.88. The third kappa shape index (κ3) is 7.74. The smallest absolute Gasteiger partial charge is 0.246 e. The van der Waals surface area contributed by atoms with Gasteiger partial charge in [-0.25, -0.2) is 0 Å². The van der Waals surface area contributed by atoms with Gasteiger partial charge in [-0.15, -0.1) is 0 Å². The molecule has 1 unspecified atom stereocenters. The summed E-state index contributed by atoms with van der Waals surface area (Å²) in [6.07, 6.45) is 1.67. The lowest BCUT2D eigenvalue weighted by molar-refractivity contribution is -0.129. The van der Waals surface area contributed by atoms with Crippen molar-refractivity contribution in [2.24, 2.45) is 5.73 Å². The van der Waals surface area contributed by atoms with Crippen molar-refractivity contribution in [1.82, 2.24) is 0 Å². The molecule has 0 saturated heterocycles. The van der Waals surface area contributed by atoms with E-state index < -0.39 is 12.0 Å². The zero-order chi connectivity index (χ0) is 10.1. The van der Waals surface area contributed by atoms with E-state index in [0.717, 1.165) is 19.4 Å². The maximum atomic E-state index is 10.5. The molecule has 0 radical (unpaired) electrons. The number of amides is 1. The molecule has 0 aromatic heterocycles. The second-order valence-electron chi connectivity index (χ2n) is 2.88. The van der Waals surface area contributed by atoms with Crippen LogP contribution in [0.4, 0.5) is 0 Å². The summed E-state index contributed by atoms with van der Waals surface area (Å²) in [5.74, 6) is -0.437. The van der Waals surface area contributed by atoms with Crippen LogP contribution in [0.5, 0.6) is 0 Å². The van der Waals surface area contributed by atoms with Crippen molar-refractivity contribution in [2.45, 2.75) is 32.8 Å². The van der Waals surface area contributed by atoms with Gasteiger partial charge in [0.25, 0.3) is 0 Å². The third-order valence-corrected chi connectivity index (χ3v) is 1.64. The molecule has 78 valence electrons. The number of nitrogens with two attached hydrogens (primary N) is 1. The largest absolute Gasteiger partial charge is 0.379 e. The molecule has 4 heteroatoms. The molecule has 0 aliphatic heterocycles. The van der Waals surface area contributed by atoms with Gasteiger partial charge in [-0.1, -0.05) is 13.3 Å². The third-order valence-electron chi connectivity index (χ3n) is 1.64. The summed E-state index contributed by atoms with van der Waals surface area (Å²) in [5.41, 5.74) is 4.99. The summed E-state index contributed by atoms with van der Waals surface area (Å²) in [6.45, 7) is 5.44. The minimum Gasteiger partial charge on any atom is -0.379 e. The van der Waals surface area contributed by atoms with Crippen LogP contribution < -0.4 is 5.73 Å². The topological polar surface area (TPSA) is 61.6 Å². The summed E-state index contributed by atoms with van der Waals surface area (Å²) in [4.78, 5) is 10.5. The monoisotopic (exact) mass is 189 g/mol. The van der Waals surface area contributed by atoms with Gasteiger partial charge < -0.3 is 15.2 Å². The molecule has 0 spiro atoms. The summed E-state index contributed by atoms with van der Waals surface area (Å²) < 4.78 is 10.3. The van der Waals surface area contributed by atoms with Crippen molar-refractivity contribution in [2.75, 3.05) is 19.8 Å². The molecule has 1 atom stereocenters. The Bertz CT molecular complexity index is 139. The van der Waals surface area contributed by atoms with E-state index >= 15 is 0 Å². The Morgan fingerprint density at radius 3 is 2.62 bits per heavy atom. The summed E-state index contributed by atoms with van der Waals surface area (Å²) in [6, 6.07) is 0. The minimum absolute atomic E-state index is 0.424. The van der Waals surface area contributed by atoms with Crippen LogP contribution in [0.1, 0.15) is 26.7 Å². The van der Waals surface area contributed by atoms with Gasteiger partial charge >= 0.3 is 0 Å². The highest BCUT2D eigenvalue weighted by atomic mass is 16.5. The van der Waals surface area contributed by atoms with E-state index in [1.54, 1.807) is 6.92 Å². The Hall–Kier alpha value is -0.610. The predicted octanol–water partition coefficient (Wildman–Crippen LogP) is 0.694. The molecule has 2 N–H and O–H groups in total.